The number of nitrogens with one attached hydrogen (secondary N) is 2. The first-order chi connectivity index (χ1) is 13.8. The van der Waals surface area contributed by atoms with Crippen molar-refractivity contribution in [3.8, 4) is 5.82 Å². The summed E-state index contributed by atoms with van der Waals surface area (Å²) in [4.78, 5) is 28.9. The number of methoxy groups -OCH3 is 1. The van der Waals surface area contributed by atoms with Gasteiger partial charge in [0.2, 0.25) is 0 Å². The van der Waals surface area contributed by atoms with Crippen molar-refractivity contribution in [3.63, 3.8) is 0 Å². The van der Waals surface area contributed by atoms with E-state index in [1.807, 2.05) is 0 Å². The Labute approximate surface area is 184 Å². The first kappa shape index (κ1) is 21.1. The molecule has 0 bridgehead atoms. The monoisotopic (exact) mass is 497 g/mol. The molecule has 29 heavy (non-hydrogen) atoms. The molecule has 0 atom stereocenters. The third kappa shape index (κ3) is 4.69. The molecule has 0 aliphatic heterocycles. The Morgan fingerprint density at radius 2 is 1.97 bits per heavy atom. The predicted molar refractivity (Wildman–Crippen MR) is 114 cm³/mol. The van der Waals surface area contributed by atoms with Crippen LogP contribution in [-0.2, 0) is 4.74 Å². The summed E-state index contributed by atoms with van der Waals surface area (Å²) in [6.07, 6.45) is 0.843. The maximum absolute atomic E-state index is 13.0. The molecule has 150 valence electrons. The molecule has 0 aliphatic carbocycles. The molecule has 0 saturated carbocycles. The van der Waals surface area contributed by atoms with Gasteiger partial charge < -0.3 is 10.1 Å². The van der Waals surface area contributed by atoms with Gasteiger partial charge in [0.15, 0.2) is 5.82 Å². The van der Waals surface area contributed by atoms with Gasteiger partial charge >= 0.3 is 6.09 Å². The van der Waals surface area contributed by atoms with E-state index in [0.29, 0.717) is 31.7 Å². The lowest BCUT2D eigenvalue weighted by Gasteiger charge is -2.15. The second kappa shape index (κ2) is 8.81. The second-order valence-electron chi connectivity index (χ2n) is 5.79. The van der Waals surface area contributed by atoms with E-state index in [9.17, 15) is 9.59 Å². The largest absolute Gasteiger partial charge is 0.453 e. The summed E-state index contributed by atoms with van der Waals surface area (Å²) in [5, 5.41) is 10.3. The van der Waals surface area contributed by atoms with Gasteiger partial charge in [-0.1, -0.05) is 23.2 Å². The van der Waals surface area contributed by atoms with Crippen LogP contribution in [-0.4, -0.2) is 33.9 Å². The fraction of sp³-hybridized carbons (Fsp3) is 0.111. The lowest BCUT2D eigenvalue weighted by atomic mass is 10.1. The highest BCUT2D eigenvalue weighted by Crippen LogP contribution is 2.31. The zero-order chi connectivity index (χ0) is 21.1. The van der Waals surface area contributed by atoms with Crippen molar-refractivity contribution < 1.29 is 14.3 Å². The highest BCUT2D eigenvalue weighted by atomic mass is 79.9. The number of benzene rings is 1. The molecule has 0 fully saturated rings. The number of anilines is 2. The van der Waals surface area contributed by atoms with E-state index in [1.54, 1.807) is 31.3 Å². The van der Waals surface area contributed by atoms with Crippen molar-refractivity contribution in [2.24, 2.45) is 0 Å². The molecule has 0 saturated heterocycles. The van der Waals surface area contributed by atoms with Gasteiger partial charge in [0.05, 0.1) is 23.5 Å². The Morgan fingerprint density at radius 3 is 2.66 bits per heavy atom. The Hall–Kier alpha value is -2.62. The third-order valence-electron chi connectivity index (χ3n) is 3.81. The van der Waals surface area contributed by atoms with Gasteiger partial charge in [-0.15, -0.1) is 0 Å². The first-order valence-corrected chi connectivity index (χ1v) is 9.68. The SMILES string of the molecule is COC(=O)Nc1cc(Cl)cc(C)c1NC(=O)c1cc(Br)nn1-c1ncccc1Cl. The van der Waals surface area contributed by atoms with Crippen LogP contribution in [0.3, 0.4) is 0 Å². The smallest absolute Gasteiger partial charge is 0.411 e. The van der Waals surface area contributed by atoms with Crippen LogP contribution in [0.15, 0.2) is 41.1 Å². The van der Waals surface area contributed by atoms with E-state index in [0.717, 1.165) is 0 Å². The van der Waals surface area contributed by atoms with Gasteiger partial charge in [-0.2, -0.15) is 5.10 Å². The van der Waals surface area contributed by atoms with E-state index in [4.69, 9.17) is 23.2 Å². The van der Waals surface area contributed by atoms with Crippen molar-refractivity contribution in [2.45, 2.75) is 6.92 Å². The number of pyridine rings is 1. The lowest BCUT2D eigenvalue weighted by molar-refractivity contribution is 0.101. The molecule has 3 aromatic rings. The van der Waals surface area contributed by atoms with Crippen molar-refractivity contribution in [1.82, 2.24) is 14.8 Å². The highest BCUT2D eigenvalue weighted by molar-refractivity contribution is 9.10. The van der Waals surface area contributed by atoms with Crippen LogP contribution in [0, 0.1) is 6.92 Å². The second-order valence-corrected chi connectivity index (χ2v) is 7.45. The summed E-state index contributed by atoms with van der Waals surface area (Å²) in [5.74, 6) is -0.200. The zero-order valence-corrected chi connectivity index (χ0v) is 18.3. The molecule has 1 aromatic carbocycles. The van der Waals surface area contributed by atoms with Gasteiger partial charge in [-0.25, -0.2) is 14.5 Å². The number of hydrogen-bond donors (Lipinski definition) is 2. The van der Waals surface area contributed by atoms with E-state index < -0.39 is 12.0 Å². The maximum Gasteiger partial charge on any atom is 0.411 e. The Morgan fingerprint density at radius 1 is 1.21 bits per heavy atom. The fourth-order valence-corrected chi connectivity index (χ4v) is 3.40. The topological polar surface area (TPSA) is 98.1 Å². The molecule has 2 N–H and O–H groups in total. The molecule has 0 unspecified atom stereocenters. The lowest BCUT2D eigenvalue weighted by Crippen LogP contribution is -2.20. The zero-order valence-electron chi connectivity index (χ0n) is 15.2. The number of carbonyl (C=O) groups excluding carboxylic acids is 2. The number of rotatable bonds is 4. The van der Waals surface area contributed by atoms with Crippen LogP contribution >= 0.6 is 39.1 Å². The van der Waals surface area contributed by atoms with E-state index in [1.165, 1.54) is 23.9 Å². The highest BCUT2D eigenvalue weighted by Gasteiger charge is 2.21. The van der Waals surface area contributed by atoms with Crippen LogP contribution in [0.25, 0.3) is 5.82 Å². The maximum atomic E-state index is 13.0. The number of aromatic nitrogens is 3. The summed E-state index contributed by atoms with van der Waals surface area (Å²) in [6.45, 7) is 1.74. The van der Waals surface area contributed by atoms with Crippen molar-refractivity contribution >= 4 is 62.5 Å². The fourth-order valence-electron chi connectivity index (χ4n) is 2.55. The van der Waals surface area contributed by atoms with E-state index >= 15 is 0 Å². The minimum atomic E-state index is -0.699. The third-order valence-corrected chi connectivity index (χ3v) is 4.71. The molecule has 0 radical (unpaired) electrons. The number of ether oxygens (including phenoxy) is 1. The minimum Gasteiger partial charge on any atom is -0.453 e. The van der Waals surface area contributed by atoms with Gasteiger partial charge in [-0.3, -0.25) is 10.1 Å². The van der Waals surface area contributed by atoms with Gasteiger partial charge in [0, 0.05) is 17.3 Å². The van der Waals surface area contributed by atoms with Crippen LogP contribution in [0.1, 0.15) is 16.1 Å². The average Bonchev–Trinajstić information content (AvgIpc) is 3.06. The predicted octanol–water partition coefficient (Wildman–Crippen LogP) is 5.08. The first-order valence-electron chi connectivity index (χ1n) is 8.13. The summed E-state index contributed by atoms with van der Waals surface area (Å²) < 4.78 is 6.36. The molecule has 2 aromatic heterocycles. The minimum absolute atomic E-state index is 0.177. The number of halogens is 3. The summed E-state index contributed by atoms with van der Waals surface area (Å²) in [7, 11) is 1.23. The molecular formula is C18H14BrCl2N5O3. The number of carbonyl (C=O) groups is 2. The van der Waals surface area contributed by atoms with Crippen LogP contribution in [0.5, 0.6) is 0 Å². The average molecular weight is 499 g/mol. The number of hydrogen-bond acceptors (Lipinski definition) is 5. The normalized spacial score (nSPS) is 10.5. The van der Waals surface area contributed by atoms with Gasteiger partial charge in [-0.05, 0) is 52.7 Å². The molecule has 8 nitrogen and oxygen atoms in total. The Bertz CT molecular complexity index is 1100. The van der Waals surface area contributed by atoms with E-state index in [-0.39, 0.29) is 11.4 Å². The standard InChI is InChI=1S/C18H14BrCl2N5O3/c1-9-6-10(20)7-12(23-18(28)29-2)15(9)24-17(27)13-8-14(19)25-26(13)16-11(21)4-3-5-22-16/h3-8H,1-2H3,(H,23,28)(H,24,27). The number of aryl methyl sites for hydroxylation is 1. The molecule has 0 spiro atoms. The molecule has 0 aliphatic rings. The molecular weight excluding hydrogens is 485 g/mol. The number of nitrogens with zero attached hydrogens (tertiary/aromatic N) is 3. The molecule has 2 heterocycles. The summed E-state index contributed by atoms with van der Waals surface area (Å²) in [6, 6.07) is 8.00. The summed E-state index contributed by atoms with van der Waals surface area (Å²) in [5.41, 5.74) is 1.46. The molecule has 11 heteroatoms. The van der Waals surface area contributed by atoms with Crippen molar-refractivity contribution in [1.29, 1.82) is 0 Å². The van der Waals surface area contributed by atoms with Gasteiger partial charge in [0.1, 0.15) is 10.3 Å². The van der Waals surface area contributed by atoms with Crippen molar-refractivity contribution in [3.05, 3.63) is 62.4 Å². The molecule has 2 amide bonds. The van der Waals surface area contributed by atoms with Crippen LogP contribution < -0.4 is 10.6 Å². The van der Waals surface area contributed by atoms with E-state index in [2.05, 4.69) is 41.4 Å². The molecule has 3 rings (SSSR count). The quantitative estimate of drug-likeness (QED) is 0.522. The number of amides is 2. The van der Waals surface area contributed by atoms with Gasteiger partial charge in [0.25, 0.3) is 5.91 Å². The Balaban J connectivity index is 2.00. The van der Waals surface area contributed by atoms with Crippen molar-refractivity contribution in [2.75, 3.05) is 17.7 Å². The van der Waals surface area contributed by atoms with Crippen LogP contribution in [0.4, 0.5) is 16.2 Å². The Kier molecular flexibility index (Phi) is 6.41. The summed E-state index contributed by atoms with van der Waals surface area (Å²) >= 11 is 15.5. The van der Waals surface area contributed by atoms with Crippen LogP contribution in [0.2, 0.25) is 10.0 Å².